The lowest BCUT2D eigenvalue weighted by molar-refractivity contribution is -0.121. The predicted octanol–water partition coefficient (Wildman–Crippen LogP) is 1.51. The molecule has 1 amide bonds. The van der Waals surface area contributed by atoms with E-state index in [0.717, 1.165) is 23.0 Å². The van der Waals surface area contributed by atoms with Gasteiger partial charge >= 0.3 is 0 Å². The second-order valence-electron chi connectivity index (χ2n) is 5.29. The van der Waals surface area contributed by atoms with Crippen molar-refractivity contribution in [2.45, 2.75) is 33.2 Å². The first-order valence-electron chi connectivity index (χ1n) is 7.01. The van der Waals surface area contributed by atoms with Gasteiger partial charge in [-0.25, -0.2) is 4.98 Å². The first kappa shape index (κ1) is 15.8. The van der Waals surface area contributed by atoms with Crippen LogP contribution in [0.4, 0.5) is 0 Å². The molecule has 1 heterocycles. The summed E-state index contributed by atoms with van der Waals surface area (Å²) in [6.07, 6.45) is 0.877. The highest BCUT2D eigenvalue weighted by atomic mass is 16.3. The number of H-pyrrole nitrogens is 1. The molecule has 116 valence electrons. The van der Waals surface area contributed by atoms with Crippen molar-refractivity contribution in [3.05, 3.63) is 57.1 Å². The molecule has 2 rings (SSSR count). The Kier molecular flexibility index (Phi) is 4.60. The van der Waals surface area contributed by atoms with Crippen LogP contribution < -0.4 is 10.9 Å². The molecule has 0 saturated heterocycles. The number of nitrogens with zero attached hydrogens (tertiary/aromatic N) is 1. The quantitative estimate of drug-likeness (QED) is 0.797. The molecule has 0 fully saturated rings. The lowest BCUT2D eigenvalue weighted by Crippen LogP contribution is -2.30. The summed E-state index contributed by atoms with van der Waals surface area (Å²) in [4.78, 5) is 29.6. The third kappa shape index (κ3) is 3.33. The summed E-state index contributed by atoms with van der Waals surface area (Å²) in [7, 11) is 0. The fraction of sp³-hybridized carbons (Fsp3) is 0.312. The third-order valence-corrected chi connectivity index (χ3v) is 3.75. The number of hydrogen-bond donors (Lipinski definition) is 3. The number of carbonyl (C=O) groups excluding carboxylic acids is 1. The summed E-state index contributed by atoms with van der Waals surface area (Å²) >= 11 is 0. The van der Waals surface area contributed by atoms with Crippen molar-refractivity contribution >= 4 is 5.91 Å². The molecule has 1 aromatic heterocycles. The zero-order chi connectivity index (χ0) is 16.3. The average Bonchev–Trinajstić information content (AvgIpc) is 2.46. The van der Waals surface area contributed by atoms with Crippen LogP contribution in [-0.2, 0) is 11.2 Å². The van der Waals surface area contributed by atoms with Crippen LogP contribution in [0, 0.1) is 13.8 Å². The van der Waals surface area contributed by atoms with Gasteiger partial charge in [0.25, 0.3) is 5.56 Å². The van der Waals surface area contributed by atoms with Crippen molar-refractivity contribution < 1.29 is 9.90 Å². The van der Waals surface area contributed by atoms with Gasteiger partial charge in [0.15, 0.2) is 0 Å². The maximum atomic E-state index is 12.1. The maximum Gasteiger partial charge on any atom is 0.258 e. The predicted molar refractivity (Wildman–Crippen MR) is 82.7 cm³/mol. The molecule has 22 heavy (non-hydrogen) atoms. The van der Waals surface area contributed by atoms with Gasteiger partial charge in [-0.15, -0.1) is 0 Å². The van der Waals surface area contributed by atoms with Gasteiger partial charge in [-0.3, -0.25) is 9.59 Å². The second kappa shape index (κ2) is 6.43. The molecule has 1 atom stereocenters. The lowest BCUT2D eigenvalue weighted by atomic mass is 9.98. The van der Waals surface area contributed by atoms with E-state index in [0.29, 0.717) is 0 Å². The van der Waals surface area contributed by atoms with E-state index < -0.39 is 11.4 Å². The molecular formula is C16H19N3O3. The Morgan fingerprint density at radius 2 is 2.14 bits per heavy atom. The van der Waals surface area contributed by atoms with Crippen LogP contribution in [-0.4, -0.2) is 21.0 Å². The summed E-state index contributed by atoms with van der Waals surface area (Å²) < 4.78 is 0. The number of rotatable bonds is 4. The van der Waals surface area contributed by atoms with Crippen LogP contribution in [0.5, 0.6) is 5.88 Å². The molecule has 0 bridgehead atoms. The number of aromatic nitrogens is 2. The third-order valence-electron chi connectivity index (χ3n) is 3.75. The summed E-state index contributed by atoms with van der Waals surface area (Å²) in [6, 6.07) is 5.73. The van der Waals surface area contributed by atoms with Gasteiger partial charge in [0.05, 0.1) is 24.4 Å². The topological polar surface area (TPSA) is 95.1 Å². The summed E-state index contributed by atoms with van der Waals surface area (Å²) in [5.74, 6) is -0.763. The smallest absolute Gasteiger partial charge is 0.258 e. The van der Waals surface area contributed by atoms with Gasteiger partial charge in [-0.2, -0.15) is 0 Å². The molecule has 0 radical (unpaired) electrons. The van der Waals surface area contributed by atoms with Crippen molar-refractivity contribution in [2.24, 2.45) is 0 Å². The first-order chi connectivity index (χ1) is 10.4. The van der Waals surface area contributed by atoms with Crippen molar-refractivity contribution in [2.75, 3.05) is 0 Å². The summed E-state index contributed by atoms with van der Waals surface area (Å²) in [5.41, 5.74) is 2.75. The average molecular weight is 301 g/mol. The molecule has 0 aliphatic heterocycles. The van der Waals surface area contributed by atoms with Gasteiger partial charge in [-0.1, -0.05) is 18.2 Å². The summed E-state index contributed by atoms with van der Waals surface area (Å²) in [6.45, 7) is 5.90. The number of aromatic hydroxyl groups is 1. The van der Waals surface area contributed by atoms with E-state index in [-0.39, 0.29) is 23.9 Å². The molecule has 0 aliphatic carbocycles. The maximum absolute atomic E-state index is 12.1. The van der Waals surface area contributed by atoms with Crippen molar-refractivity contribution in [1.29, 1.82) is 0 Å². The number of nitrogens with one attached hydrogen (secondary N) is 2. The van der Waals surface area contributed by atoms with Gasteiger partial charge in [-0.05, 0) is 37.5 Å². The van der Waals surface area contributed by atoms with E-state index in [2.05, 4.69) is 15.3 Å². The van der Waals surface area contributed by atoms with Gasteiger partial charge in [0.1, 0.15) is 0 Å². The van der Waals surface area contributed by atoms with Crippen LogP contribution in [0.3, 0.4) is 0 Å². The Hall–Kier alpha value is -2.63. The van der Waals surface area contributed by atoms with Gasteiger partial charge in [0, 0.05) is 0 Å². The van der Waals surface area contributed by atoms with E-state index in [9.17, 15) is 14.7 Å². The highest BCUT2D eigenvalue weighted by Crippen LogP contribution is 2.20. The van der Waals surface area contributed by atoms with Gasteiger partial charge in [0.2, 0.25) is 11.8 Å². The first-order valence-corrected chi connectivity index (χ1v) is 7.01. The molecular weight excluding hydrogens is 282 g/mol. The molecule has 2 aromatic rings. The second-order valence-corrected chi connectivity index (χ2v) is 5.29. The fourth-order valence-corrected chi connectivity index (χ4v) is 2.35. The van der Waals surface area contributed by atoms with Crippen molar-refractivity contribution in [3.8, 4) is 5.88 Å². The number of aryl methyl sites for hydroxylation is 1. The minimum atomic E-state index is -0.512. The Labute approximate surface area is 128 Å². The van der Waals surface area contributed by atoms with Crippen LogP contribution in [0.25, 0.3) is 0 Å². The molecule has 6 heteroatoms. The molecule has 3 N–H and O–H groups in total. The number of hydrogen-bond acceptors (Lipinski definition) is 4. The number of amides is 1. The normalized spacial score (nSPS) is 12.0. The molecule has 0 saturated carbocycles. The van der Waals surface area contributed by atoms with Crippen molar-refractivity contribution in [3.63, 3.8) is 0 Å². The van der Waals surface area contributed by atoms with E-state index in [4.69, 9.17) is 0 Å². The highest BCUT2D eigenvalue weighted by molar-refractivity contribution is 5.79. The Balaban J connectivity index is 2.12. The molecule has 0 unspecified atom stereocenters. The fourth-order valence-electron chi connectivity index (χ4n) is 2.35. The minimum Gasteiger partial charge on any atom is -0.493 e. The van der Waals surface area contributed by atoms with E-state index in [1.165, 1.54) is 0 Å². The standard InChI is InChI=1S/C16H19N3O3/c1-9-5-4-6-12(10(9)2)11(3)19-14(20)7-13-15(21)17-8-18-16(13)22/h4-6,8,11H,7H2,1-3H3,(H,19,20)(H2,17,18,21,22)/t11-/m1/s1. The Morgan fingerprint density at radius 1 is 1.41 bits per heavy atom. The largest absolute Gasteiger partial charge is 0.493 e. The van der Waals surface area contributed by atoms with Gasteiger partial charge < -0.3 is 15.4 Å². The molecule has 0 aliphatic rings. The van der Waals surface area contributed by atoms with Crippen LogP contribution in [0.2, 0.25) is 0 Å². The highest BCUT2D eigenvalue weighted by Gasteiger charge is 2.16. The van der Waals surface area contributed by atoms with E-state index in [1.807, 2.05) is 39.0 Å². The number of benzene rings is 1. The summed E-state index contributed by atoms with van der Waals surface area (Å²) in [5, 5.41) is 12.4. The van der Waals surface area contributed by atoms with Crippen LogP contribution in [0.1, 0.15) is 35.2 Å². The number of aromatic amines is 1. The zero-order valence-electron chi connectivity index (χ0n) is 12.8. The van der Waals surface area contributed by atoms with Crippen LogP contribution in [0.15, 0.2) is 29.3 Å². The number of carbonyl (C=O) groups is 1. The molecule has 1 aromatic carbocycles. The lowest BCUT2D eigenvalue weighted by Gasteiger charge is -2.18. The molecule has 6 nitrogen and oxygen atoms in total. The zero-order valence-corrected chi connectivity index (χ0v) is 12.8. The molecule has 0 spiro atoms. The monoisotopic (exact) mass is 301 g/mol. The minimum absolute atomic E-state index is 0.0341. The van der Waals surface area contributed by atoms with Crippen LogP contribution >= 0.6 is 0 Å². The van der Waals surface area contributed by atoms with E-state index >= 15 is 0 Å². The van der Waals surface area contributed by atoms with Crippen molar-refractivity contribution in [1.82, 2.24) is 15.3 Å². The SMILES string of the molecule is Cc1cccc([C@@H](C)NC(=O)Cc2c(O)nc[nH]c2=O)c1C. The Bertz CT molecular complexity index is 753. The van der Waals surface area contributed by atoms with E-state index in [1.54, 1.807) is 0 Å². The Morgan fingerprint density at radius 3 is 2.82 bits per heavy atom.